The highest BCUT2D eigenvalue weighted by Crippen LogP contribution is 2.34. The average molecular weight is 343 g/mol. The van der Waals surface area contributed by atoms with E-state index in [1.807, 2.05) is 29.2 Å². The number of rotatable bonds is 3. The molecular formula is C19H25N3O3. The number of para-hydroxylation sites is 2. The summed E-state index contributed by atoms with van der Waals surface area (Å²) in [6, 6.07) is 7.31. The lowest BCUT2D eigenvalue weighted by Gasteiger charge is -2.37. The summed E-state index contributed by atoms with van der Waals surface area (Å²) in [7, 11) is 0. The zero-order valence-electron chi connectivity index (χ0n) is 14.4. The third-order valence-corrected chi connectivity index (χ3v) is 5.20. The molecule has 134 valence electrons. The van der Waals surface area contributed by atoms with E-state index in [0.29, 0.717) is 18.2 Å². The number of hydrogen-bond donors (Lipinski definition) is 1. The Morgan fingerprint density at radius 3 is 2.64 bits per heavy atom. The van der Waals surface area contributed by atoms with E-state index in [4.69, 9.17) is 4.74 Å². The van der Waals surface area contributed by atoms with Gasteiger partial charge < -0.3 is 15.0 Å². The first kappa shape index (κ1) is 16.2. The number of carbonyl (C=O) groups excluding carboxylic acids is 2. The van der Waals surface area contributed by atoms with E-state index in [2.05, 4.69) is 5.32 Å². The van der Waals surface area contributed by atoms with Gasteiger partial charge in [-0.3, -0.25) is 9.69 Å². The monoisotopic (exact) mass is 343 g/mol. The molecule has 2 aliphatic heterocycles. The predicted molar refractivity (Wildman–Crippen MR) is 94.8 cm³/mol. The summed E-state index contributed by atoms with van der Waals surface area (Å²) in [6.07, 6.45) is 5.01. The van der Waals surface area contributed by atoms with Crippen LogP contribution in [0.25, 0.3) is 0 Å². The first-order valence-corrected chi connectivity index (χ1v) is 9.32. The number of hydrogen-bond acceptors (Lipinski definition) is 3. The van der Waals surface area contributed by atoms with Crippen LogP contribution in [-0.2, 0) is 4.79 Å². The quantitative estimate of drug-likeness (QED) is 0.917. The lowest BCUT2D eigenvalue weighted by Crippen LogP contribution is -2.54. The van der Waals surface area contributed by atoms with E-state index in [9.17, 15) is 9.59 Å². The topological polar surface area (TPSA) is 61.9 Å². The standard InChI is InChI=1S/C19H25N3O3/c23-18(21-10-4-1-5-11-21)17-13-22(19(24)20-12-14-8-9-14)15-6-2-3-7-16(15)25-17/h2-3,6-7,14,17H,1,4-5,8-13H2,(H,20,24)/t17-/m1/s1. The van der Waals surface area contributed by atoms with Crippen LogP contribution in [0, 0.1) is 5.92 Å². The molecule has 0 bridgehead atoms. The van der Waals surface area contributed by atoms with E-state index in [1.165, 1.54) is 19.3 Å². The van der Waals surface area contributed by atoms with Crippen molar-refractivity contribution in [2.75, 3.05) is 31.1 Å². The SMILES string of the molecule is O=C([C@H]1CN(C(=O)NCC2CC2)c2ccccc2O1)N1CCCCC1. The first-order valence-electron chi connectivity index (χ1n) is 9.32. The van der Waals surface area contributed by atoms with Gasteiger partial charge in [0.2, 0.25) is 0 Å². The van der Waals surface area contributed by atoms with Crippen molar-refractivity contribution in [1.82, 2.24) is 10.2 Å². The van der Waals surface area contributed by atoms with Crippen LogP contribution in [0.3, 0.4) is 0 Å². The zero-order valence-corrected chi connectivity index (χ0v) is 14.4. The second-order valence-corrected chi connectivity index (χ2v) is 7.20. The number of carbonyl (C=O) groups is 2. The molecule has 1 atom stereocenters. The molecule has 3 amide bonds. The molecule has 0 aromatic heterocycles. The molecule has 1 aromatic rings. The van der Waals surface area contributed by atoms with Crippen LogP contribution in [0.15, 0.2) is 24.3 Å². The Labute approximate surface area is 148 Å². The number of nitrogens with zero attached hydrogens (tertiary/aromatic N) is 2. The maximum Gasteiger partial charge on any atom is 0.322 e. The van der Waals surface area contributed by atoms with Gasteiger partial charge in [0.25, 0.3) is 5.91 Å². The van der Waals surface area contributed by atoms with E-state index in [-0.39, 0.29) is 18.5 Å². The van der Waals surface area contributed by atoms with Gasteiger partial charge in [-0.05, 0) is 50.2 Å². The minimum atomic E-state index is -0.625. The predicted octanol–water partition coefficient (Wildman–Crippen LogP) is 2.39. The van der Waals surface area contributed by atoms with Gasteiger partial charge in [0.1, 0.15) is 5.75 Å². The molecule has 4 rings (SSSR count). The van der Waals surface area contributed by atoms with Crippen molar-refractivity contribution in [2.45, 2.75) is 38.2 Å². The Morgan fingerprint density at radius 1 is 1.12 bits per heavy atom. The molecular weight excluding hydrogens is 318 g/mol. The van der Waals surface area contributed by atoms with Gasteiger partial charge in [0, 0.05) is 19.6 Å². The maximum absolute atomic E-state index is 12.8. The first-order chi connectivity index (χ1) is 12.2. The molecule has 2 fully saturated rings. The van der Waals surface area contributed by atoms with Crippen LogP contribution in [0.2, 0.25) is 0 Å². The van der Waals surface area contributed by atoms with E-state index < -0.39 is 6.10 Å². The van der Waals surface area contributed by atoms with Crippen molar-refractivity contribution in [3.05, 3.63) is 24.3 Å². The van der Waals surface area contributed by atoms with E-state index in [1.54, 1.807) is 4.90 Å². The highest BCUT2D eigenvalue weighted by Gasteiger charge is 2.36. The van der Waals surface area contributed by atoms with Gasteiger partial charge in [0.05, 0.1) is 12.2 Å². The highest BCUT2D eigenvalue weighted by molar-refractivity contribution is 5.96. The fourth-order valence-corrected chi connectivity index (χ4v) is 3.52. The Balaban J connectivity index is 1.51. The second kappa shape index (κ2) is 6.94. The summed E-state index contributed by atoms with van der Waals surface area (Å²) in [4.78, 5) is 29.1. The lowest BCUT2D eigenvalue weighted by molar-refractivity contribution is -0.139. The minimum absolute atomic E-state index is 0.00537. The smallest absolute Gasteiger partial charge is 0.322 e. The number of nitrogens with one attached hydrogen (secondary N) is 1. The molecule has 1 saturated carbocycles. The normalized spacial score (nSPS) is 22.8. The van der Waals surface area contributed by atoms with Crippen molar-refractivity contribution in [1.29, 1.82) is 0 Å². The fraction of sp³-hybridized carbons (Fsp3) is 0.579. The molecule has 0 spiro atoms. The third kappa shape index (κ3) is 3.57. The van der Waals surface area contributed by atoms with Crippen molar-refractivity contribution in [3.63, 3.8) is 0 Å². The number of benzene rings is 1. The number of likely N-dealkylation sites (tertiary alicyclic amines) is 1. The van der Waals surface area contributed by atoms with Crippen LogP contribution in [-0.4, -0.2) is 49.1 Å². The van der Waals surface area contributed by atoms with Crippen molar-refractivity contribution >= 4 is 17.6 Å². The summed E-state index contributed by atoms with van der Waals surface area (Å²) in [6.45, 7) is 2.55. The number of anilines is 1. The van der Waals surface area contributed by atoms with Gasteiger partial charge in [0.15, 0.2) is 6.10 Å². The van der Waals surface area contributed by atoms with Gasteiger partial charge in [-0.2, -0.15) is 0 Å². The van der Waals surface area contributed by atoms with Gasteiger partial charge in [-0.1, -0.05) is 12.1 Å². The number of amides is 3. The molecule has 0 unspecified atom stereocenters. The van der Waals surface area contributed by atoms with E-state index >= 15 is 0 Å². The number of ether oxygens (including phenoxy) is 1. The Hall–Kier alpha value is -2.24. The average Bonchev–Trinajstić information content (AvgIpc) is 3.50. The molecule has 1 aromatic carbocycles. The molecule has 6 heteroatoms. The largest absolute Gasteiger partial charge is 0.476 e. The van der Waals surface area contributed by atoms with Crippen LogP contribution in [0.4, 0.5) is 10.5 Å². The molecule has 6 nitrogen and oxygen atoms in total. The number of urea groups is 1. The van der Waals surface area contributed by atoms with Gasteiger partial charge in [-0.25, -0.2) is 4.79 Å². The summed E-state index contributed by atoms with van der Waals surface area (Å²) >= 11 is 0. The minimum Gasteiger partial charge on any atom is -0.476 e. The molecule has 1 saturated heterocycles. The second-order valence-electron chi connectivity index (χ2n) is 7.20. The summed E-state index contributed by atoms with van der Waals surface area (Å²) < 4.78 is 5.95. The van der Waals surface area contributed by atoms with E-state index in [0.717, 1.165) is 31.6 Å². The number of piperidine rings is 1. The van der Waals surface area contributed by atoms with Gasteiger partial charge >= 0.3 is 6.03 Å². The molecule has 1 N–H and O–H groups in total. The van der Waals surface area contributed by atoms with Crippen LogP contribution >= 0.6 is 0 Å². The molecule has 3 aliphatic rings. The van der Waals surface area contributed by atoms with Crippen molar-refractivity contribution in [2.24, 2.45) is 5.92 Å². The Morgan fingerprint density at radius 2 is 1.88 bits per heavy atom. The fourth-order valence-electron chi connectivity index (χ4n) is 3.52. The number of fused-ring (bicyclic) bond motifs is 1. The van der Waals surface area contributed by atoms with Gasteiger partial charge in [-0.15, -0.1) is 0 Å². The van der Waals surface area contributed by atoms with Crippen LogP contribution < -0.4 is 15.0 Å². The lowest BCUT2D eigenvalue weighted by atomic mass is 10.1. The summed E-state index contributed by atoms with van der Waals surface area (Å²) in [5.41, 5.74) is 0.735. The highest BCUT2D eigenvalue weighted by atomic mass is 16.5. The Kier molecular flexibility index (Phi) is 4.51. The molecule has 2 heterocycles. The Bertz CT molecular complexity index is 653. The molecule has 25 heavy (non-hydrogen) atoms. The maximum atomic E-state index is 12.8. The molecule has 0 radical (unpaired) electrons. The summed E-state index contributed by atoms with van der Waals surface area (Å²) in [5.74, 6) is 1.21. The third-order valence-electron chi connectivity index (χ3n) is 5.20. The van der Waals surface area contributed by atoms with Crippen LogP contribution in [0.5, 0.6) is 5.75 Å². The summed E-state index contributed by atoms with van der Waals surface area (Å²) in [5, 5.41) is 3.00. The zero-order chi connectivity index (χ0) is 17.2. The molecule has 1 aliphatic carbocycles. The van der Waals surface area contributed by atoms with Crippen molar-refractivity contribution < 1.29 is 14.3 Å². The van der Waals surface area contributed by atoms with Crippen LogP contribution in [0.1, 0.15) is 32.1 Å². The van der Waals surface area contributed by atoms with Crippen molar-refractivity contribution in [3.8, 4) is 5.75 Å².